The molecule has 0 fully saturated rings. The van der Waals surface area contributed by atoms with Crippen molar-refractivity contribution in [1.29, 1.82) is 5.26 Å². The molecule has 14 heavy (non-hydrogen) atoms. The van der Waals surface area contributed by atoms with Crippen LogP contribution in [0.3, 0.4) is 0 Å². The number of carbonyl (C=O) groups is 1. The van der Waals surface area contributed by atoms with Crippen LogP contribution in [0.15, 0.2) is 6.20 Å². The van der Waals surface area contributed by atoms with Crippen molar-refractivity contribution in [3.63, 3.8) is 0 Å². The quantitative estimate of drug-likeness (QED) is 0.707. The molecule has 0 bridgehead atoms. The first-order valence-corrected chi connectivity index (χ1v) is 4.16. The third kappa shape index (κ3) is 1.59. The van der Waals surface area contributed by atoms with Gasteiger partial charge in [0.05, 0.1) is 17.3 Å². The van der Waals surface area contributed by atoms with E-state index in [0.717, 1.165) is 0 Å². The number of aromatic nitrogens is 2. The maximum absolute atomic E-state index is 10.9. The molecule has 0 aliphatic rings. The summed E-state index contributed by atoms with van der Waals surface area (Å²) in [4.78, 5) is 10.9. The second kappa shape index (κ2) is 3.14. The van der Waals surface area contributed by atoms with Gasteiger partial charge in [-0.25, -0.2) is 4.68 Å². The van der Waals surface area contributed by atoms with Gasteiger partial charge in [0.2, 0.25) is 0 Å². The van der Waals surface area contributed by atoms with Gasteiger partial charge in [-0.2, -0.15) is 10.4 Å². The monoisotopic (exact) mass is 192 g/mol. The molecule has 0 aromatic carbocycles. The lowest BCUT2D eigenvalue weighted by molar-refractivity contribution is 0.1000. The van der Waals surface area contributed by atoms with Crippen molar-refractivity contribution in [3.05, 3.63) is 17.5 Å². The summed E-state index contributed by atoms with van der Waals surface area (Å²) >= 11 is 0. The van der Waals surface area contributed by atoms with Crippen LogP contribution in [0, 0.1) is 11.3 Å². The van der Waals surface area contributed by atoms with Crippen LogP contribution in [0.1, 0.15) is 36.8 Å². The van der Waals surface area contributed by atoms with E-state index in [-0.39, 0.29) is 16.8 Å². The molecular weight excluding hydrogens is 180 g/mol. The minimum atomic E-state index is -0.628. The highest BCUT2D eigenvalue weighted by Crippen LogP contribution is 2.17. The number of primary amides is 1. The lowest BCUT2D eigenvalue weighted by Gasteiger charge is -2.20. The molecule has 1 amide bonds. The Balaban J connectivity index is 3.37. The topological polar surface area (TPSA) is 84.7 Å². The minimum absolute atomic E-state index is 0.169. The number of nitriles is 1. The van der Waals surface area contributed by atoms with E-state index in [4.69, 9.17) is 11.0 Å². The summed E-state index contributed by atoms with van der Waals surface area (Å²) in [6.07, 6.45) is 1.33. The number of rotatable bonds is 1. The number of amides is 1. The Hall–Kier alpha value is -1.83. The zero-order chi connectivity index (χ0) is 10.9. The predicted octanol–water partition coefficient (Wildman–Crippen LogP) is 0.609. The van der Waals surface area contributed by atoms with Crippen molar-refractivity contribution < 1.29 is 4.79 Å². The van der Waals surface area contributed by atoms with E-state index in [0.29, 0.717) is 0 Å². The van der Waals surface area contributed by atoms with Gasteiger partial charge in [0.15, 0.2) is 5.69 Å². The first-order valence-electron chi connectivity index (χ1n) is 4.16. The van der Waals surface area contributed by atoms with Gasteiger partial charge in [-0.1, -0.05) is 0 Å². The third-order valence-corrected chi connectivity index (χ3v) is 1.78. The Labute approximate surface area is 82.1 Å². The number of carbonyl (C=O) groups excluding carboxylic acids is 1. The first kappa shape index (κ1) is 10.3. The lowest BCUT2D eigenvalue weighted by Crippen LogP contribution is -2.25. The molecule has 1 aromatic rings. The van der Waals surface area contributed by atoms with E-state index in [9.17, 15) is 4.79 Å². The largest absolute Gasteiger partial charge is 0.365 e. The standard InChI is InChI=1S/C9H12N4O/c1-9(2,3)13-7(4-10)6(5-12-13)8(11)14/h5H,1-3H3,(H2,11,14). The van der Waals surface area contributed by atoms with Crippen LogP contribution in [0.25, 0.3) is 0 Å². The molecule has 0 aliphatic heterocycles. The fourth-order valence-electron chi connectivity index (χ4n) is 1.14. The van der Waals surface area contributed by atoms with Crippen LogP contribution in [0.2, 0.25) is 0 Å². The van der Waals surface area contributed by atoms with E-state index in [1.807, 2.05) is 26.8 Å². The van der Waals surface area contributed by atoms with Gasteiger partial charge in [-0.3, -0.25) is 4.79 Å². The molecular formula is C9H12N4O. The molecule has 0 radical (unpaired) electrons. The predicted molar refractivity (Wildman–Crippen MR) is 50.5 cm³/mol. The first-order chi connectivity index (χ1) is 6.38. The zero-order valence-electron chi connectivity index (χ0n) is 8.40. The Kier molecular flexibility index (Phi) is 2.30. The number of nitrogens with two attached hydrogens (primary N) is 1. The van der Waals surface area contributed by atoms with E-state index in [1.54, 1.807) is 0 Å². The Morgan fingerprint density at radius 1 is 1.64 bits per heavy atom. The van der Waals surface area contributed by atoms with Crippen LogP contribution in [-0.2, 0) is 5.54 Å². The molecule has 0 aliphatic carbocycles. The summed E-state index contributed by atoms with van der Waals surface area (Å²) in [6, 6.07) is 1.93. The van der Waals surface area contributed by atoms with Crippen molar-refractivity contribution in [2.45, 2.75) is 26.3 Å². The summed E-state index contributed by atoms with van der Waals surface area (Å²) in [5, 5.41) is 12.9. The van der Waals surface area contributed by atoms with E-state index in [1.165, 1.54) is 10.9 Å². The number of hydrogen-bond donors (Lipinski definition) is 1. The van der Waals surface area contributed by atoms with Gasteiger partial charge < -0.3 is 5.73 Å². The normalized spacial score (nSPS) is 11.0. The maximum atomic E-state index is 10.9. The van der Waals surface area contributed by atoms with E-state index >= 15 is 0 Å². The molecule has 0 unspecified atom stereocenters. The van der Waals surface area contributed by atoms with Gasteiger partial charge in [0.1, 0.15) is 6.07 Å². The van der Waals surface area contributed by atoms with Gasteiger partial charge in [0, 0.05) is 0 Å². The second-order valence-electron chi connectivity index (χ2n) is 3.97. The zero-order valence-corrected chi connectivity index (χ0v) is 8.40. The van der Waals surface area contributed by atoms with E-state index < -0.39 is 5.91 Å². The van der Waals surface area contributed by atoms with Crippen molar-refractivity contribution in [2.75, 3.05) is 0 Å². The van der Waals surface area contributed by atoms with Gasteiger partial charge >= 0.3 is 0 Å². The van der Waals surface area contributed by atoms with Crippen LogP contribution in [0.5, 0.6) is 0 Å². The molecule has 1 rings (SSSR count). The fraction of sp³-hybridized carbons (Fsp3) is 0.444. The number of hydrogen-bond acceptors (Lipinski definition) is 3. The fourth-order valence-corrected chi connectivity index (χ4v) is 1.14. The molecule has 5 nitrogen and oxygen atoms in total. The minimum Gasteiger partial charge on any atom is -0.365 e. The molecule has 0 atom stereocenters. The molecule has 1 aromatic heterocycles. The second-order valence-corrected chi connectivity index (χ2v) is 3.97. The van der Waals surface area contributed by atoms with Crippen LogP contribution < -0.4 is 5.73 Å². The molecule has 74 valence electrons. The van der Waals surface area contributed by atoms with Crippen molar-refractivity contribution in [1.82, 2.24) is 9.78 Å². The van der Waals surface area contributed by atoms with E-state index in [2.05, 4.69) is 5.10 Å². The average molecular weight is 192 g/mol. The molecule has 1 heterocycles. The van der Waals surface area contributed by atoms with Crippen molar-refractivity contribution in [3.8, 4) is 6.07 Å². The van der Waals surface area contributed by atoms with Gasteiger partial charge in [-0.05, 0) is 20.8 Å². The smallest absolute Gasteiger partial charge is 0.253 e. The van der Waals surface area contributed by atoms with Crippen LogP contribution in [0.4, 0.5) is 0 Å². The summed E-state index contributed by atoms with van der Waals surface area (Å²) < 4.78 is 1.49. The average Bonchev–Trinajstić information content (AvgIpc) is 2.45. The van der Waals surface area contributed by atoms with Gasteiger partial charge in [-0.15, -0.1) is 0 Å². The Bertz CT molecular complexity index is 405. The lowest BCUT2D eigenvalue weighted by atomic mass is 10.1. The summed E-state index contributed by atoms with van der Waals surface area (Å²) in [5.41, 5.74) is 5.15. The third-order valence-electron chi connectivity index (χ3n) is 1.78. The molecule has 0 saturated carbocycles. The highest BCUT2D eigenvalue weighted by atomic mass is 16.1. The van der Waals surface area contributed by atoms with Gasteiger partial charge in [0.25, 0.3) is 5.91 Å². The highest BCUT2D eigenvalue weighted by Gasteiger charge is 2.22. The van der Waals surface area contributed by atoms with Crippen molar-refractivity contribution >= 4 is 5.91 Å². The SMILES string of the molecule is CC(C)(C)n1ncc(C(N)=O)c1C#N. The molecule has 2 N–H and O–H groups in total. The Morgan fingerprint density at radius 3 is 2.57 bits per heavy atom. The van der Waals surface area contributed by atoms with Crippen LogP contribution >= 0.6 is 0 Å². The summed E-state index contributed by atoms with van der Waals surface area (Å²) in [6.45, 7) is 5.68. The molecule has 0 spiro atoms. The molecule has 5 heteroatoms. The van der Waals surface area contributed by atoms with Crippen molar-refractivity contribution in [2.24, 2.45) is 5.73 Å². The Morgan fingerprint density at radius 2 is 2.21 bits per heavy atom. The number of nitrogens with zero attached hydrogens (tertiary/aromatic N) is 3. The summed E-state index contributed by atoms with van der Waals surface area (Å²) in [7, 11) is 0. The highest BCUT2D eigenvalue weighted by molar-refractivity contribution is 5.94. The maximum Gasteiger partial charge on any atom is 0.253 e. The van der Waals surface area contributed by atoms with Crippen LogP contribution in [-0.4, -0.2) is 15.7 Å². The summed E-state index contributed by atoms with van der Waals surface area (Å²) in [5.74, 6) is -0.628. The molecule has 0 saturated heterocycles.